The first-order chi connectivity index (χ1) is 12.3. The average Bonchev–Trinajstić information content (AvgIpc) is 2.61. The fourth-order valence-electron chi connectivity index (χ4n) is 2.94. The van der Waals surface area contributed by atoms with Crippen LogP contribution in [0.25, 0.3) is 0 Å². The highest BCUT2D eigenvalue weighted by molar-refractivity contribution is 7.90. The second-order valence-corrected chi connectivity index (χ2v) is 8.75. The number of benzene rings is 1. The van der Waals surface area contributed by atoms with Crippen LogP contribution in [0.2, 0.25) is 5.15 Å². The number of amides is 1. The van der Waals surface area contributed by atoms with E-state index in [0.29, 0.717) is 36.9 Å². The summed E-state index contributed by atoms with van der Waals surface area (Å²) < 4.78 is 23.5. The Morgan fingerprint density at radius 1 is 1.12 bits per heavy atom. The molecule has 0 bridgehead atoms. The van der Waals surface area contributed by atoms with Crippen LogP contribution in [-0.2, 0) is 9.84 Å². The van der Waals surface area contributed by atoms with Gasteiger partial charge in [-0.15, -0.1) is 0 Å². The molecule has 1 aliphatic rings. The Morgan fingerprint density at radius 2 is 1.81 bits per heavy atom. The van der Waals surface area contributed by atoms with Crippen LogP contribution in [0.1, 0.15) is 15.9 Å². The first-order valence-electron chi connectivity index (χ1n) is 8.23. The summed E-state index contributed by atoms with van der Waals surface area (Å²) in [6.45, 7) is 4.17. The molecule has 6 nitrogen and oxygen atoms in total. The van der Waals surface area contributed by atoms with Crippen LogP contribution in [0.3, 0.4) is 0 Å². The molecule has 26 heavy (non-hydrogen) atoms. The SMILES string of the molecule is Cc1ccc(S(C)(=O)=O)cc1C(=O)N1CCN(c2cccc(Cl)n2)CC1. The van der Waals surface area contributed by atoms with Crippen LogP contribution in [0, 0.1) is 6.92 Å². The fourth-order valence-corrected chi connectivity index (χ4v) is 3.75. The molecule has 8 heteroatoms. The lowest BCUT2D eigenvalue weighted by atomic mass is 10.1. The smallest absolute Gasteiger partial charge is 0.254 e. The van der Waals surface area contributed by atoms with Crippen molar-refractivity contribution in [2.45, 2.75) is 11.8 Å². The van der Waals surface area contributed by atoms with Crippen molar-refractivity contribution in [2.24, 2.45) is 0 Å². The van der Waals surface area contributed by atoms with Gasteiger partial charge in [0.05, 0.1) is 4.90 Å². The van der Waals surface area contributed by atoms with Crippen LogP contribution in [0.5, 0.6) is 0 Å². The van der Waals surface area contributed by atoms with Crippen molar-refractivity contribution in [3.63, 3.8) is 0 Å². The topological polar surface area (TPSA) is 70.6 Å². The minimum Gasteiger partial charge on any atom is -0.353 e. The highest BCUT2D eigenvalue weighted by Gasteiger charge is 2.24. The summed E-state index contributed by atoms with van der Waals surface area (Å²) >= 11 is 5.94. The zero-order valence-corrected chi connectivity index (χ0v) is 16.2. The van der Waals surface area contributed by atoms with Crippen molar-refractivity contribution >= 4 is 33.2 Å². The highest BCUT2D eigenvalue weighted by Crippen LogP contribution is 2.20. The number of piperazine rings is 1. The Kier molecular flexibility index (Phi) is 5.20. The van der Waals surface area contributed by atoms with Gasteiger partial charge in [-0.2, -0.15) is 0 Å². The first kappa shape index (κ1) is 18.7. The zero-order chi connectivity index (χ0) is 18.9. The normalized spacial score (nSPS) is 15.2. The van der Waals surface area contributed by atoms with E-state index in [-0.39, 0.29) is 10.8 Å². The van der Waals surface area contributed by atoms with E-state index in [2.05, 4.69) is 9.88 Å². The van der Waals surface area contributed by atoms with E-state index in [9.17, 15) is 13.2 Å². The van der Waals surface area contributed by atoms with Gasteiger partial charge in [-0.25, -0.2) is 13.4 Å². The van der Waals surface area contributed by atoms with Crippen molar-refractivity contribution in [2.75, 3.05) is 37.3 Å². The predicted octanol–water partition coefficient (Wildman–Crippen LogP) is 2.41. The number of hydrogen-bond donors (Lipinski definition) is 0. The molecule has 0 N–H and O–H groups in total. The molecule has 1 aliphatic heterocycles. The second-order valence-electron chi connectivity index (χ2n) is 6.35. The molecular weight excluding hydrogens is 374 g/mol. The van der Waals surface area contributed by atoms with Gasteiger partial charge in [0.25, 0.3) is 5.91 Å². The van der Waals surface area contributed by atoms with E-state index in [1.807, 2.05) is 19.1 Å². The fraction of sp³-hybridized carbons (Fsp3) is 0.333. The number of rotatable bonds is 3. The minimum absolute atomic E-state index is 0.147. The summed E-state index contributed by atoms with van der Waals surface area (Å²) in [6, 6.07) is 10.1. The van der Waals surface area contributed by atoms with Crippen molar-refractivity contribution < 1.29 is 13.2 Å². The number of aromatic nitrogens is 1. The minimum atomic E-state index is -3.35. The molecule has 0 atom stereocenters. The second kappa shape index (κ2) is 7.25. The quantitative estimate of drug-likeness (QED) is 0.749. The maximum atomic E-state index is 12.9. The third kappa shape index (κ3) is 3.99. The molecule has 0 spiro atoms. The molecule has 1 aromatic carbocycles. The van der Waals surface area contributed by atoms with Crippen molar-refractivity contribution in [3.05, 3.63) is 52.7 Å². The van der Waals surface area contributed by atoms with Gasteiger partial charge < -0.3 is 9.80 Å². The summed E-state index contributed by atoms with van der Waals surface area (Å²) in [4.78, 5) is 21.2. The molecule has 1 amide bonds. The summed E-state index contributed by atoms with van der Waals surface area (Å²) in [7, 11) is -3.35. The summed E-state index contributed by atoms with van der Waals surface area (Å²) in [5, 5.41) is 0.439. The maximum Gasteiger partial charge on any atom is 0.254 e. The van der Waals surface area contributed by atoms with Gasteiger partial charge in [-0.3, -0.25) is 4.79 Å². The lowest BCUT2D eigenvalue weighted by Gasteiger charge is -2.35. The first-order valence-corrected chi connectivity index (χ1v) is 10.5. The third-order valence-corrected chi connectivity index (χ3v) is 5.78. The van der Waals surface area contributed by atoms with Gasteiger partial charge in [-0.05, 0) is 36.8 Å². The Bertz CT molecular complexity index is 938. The number of nitrogens with zero attached hydrogens (tertiary/aromatic N) is 3. The van der Waals surface area contributed by atoms with Crippen LogP contribution in [0.4, 0.5) is 5.82 Å². The number of carbonyl (C=O) groups excluding carboxylic acids is 1. The number of aryl methyl sites for hydroxylation is 1. The molecule has 0 unspecified atom stereocenters. The van der Waals surface area contributed by atoms with Crippen LogP contribution >= 0.6 is 11.6 Å². The van der Waals surface area contributed by atoms with E-state index in [1.54, 1.807) is 17.0 Å². The summed E-state index contributed by atoms with van der Waals surface area (Å²) in [5.74, 6) is 0.645. The van der Waals surface area contributed by atoms with Crippen molar-refractivity contribution in [1.82, 2.24) is 9.88 Å². The van der Waals surface area contributed by atoms with Gasteiger partial charge in [-0.1, -0.05) is 23.7 Å². The summed E-state index contributed by atoms with van der Waals surface area (Å²) in [6.07, 6.45) is 1.14. The van der Waals surface area contributed by atoms with Gasteiger partial charge in [0.15, 0.2) is 9.84 Å². The molecule has 0 radical (unpaired) electrons. The molecule has 3 rings (SSSR count). The number of pyridine rings is 1. The molecule has 2 aromatic rings. The van der Waals surface area contributed by atoms with E-state index in [4.69, 9.17) is 11.6 Å². The molecule has 1 saturated heterocycles. The van der Waals surface area contributed by atoms with Crippen molar-refractivity contribution in [1.29, 1.82) is 0 Å². The van der Waals surface area contributed by atoms with Crippen LogP contribution in [-0.4, -0.2) is 56.6 Å². The Labute approximate surface area is 158 Å². The number of carbonyl (C=O) groups is 1. The standard InChI is InChI=1S/C18H20ClN3O3S/c1-13-6-7-14(26(2,24)25)12-15(13)18(23)22-10-8-21(9-11-22)17-5-3-4-16(19)20-17/h3-7,12H,8-11H2,1-2H3. The molecular formula is C18H20ClN3O3S. The monoisotopic (exact) mass is 393 g/mol. The third-order valence-electron chi connectivity index (χ3n) is 4.46. The molecule has 2 heterocycles. The van der Waals surface area contributed by atoms with Crippen LogP contribution in [0.15, 0.2) is 41.3 Å². The Balaban J connectivity index is 1.75. The van der Waals surface area contributed by atoms with Gasteiger partial charge in [0.1, 0.15) is 11.0 Å². The van der Waals surface area contributed by atoms with Gasteiger partial charge in [0, 0.05) is 38.0 Å². The van der Waals surface area contributed by atoms with Gasteiger partial charge >= 0.3 is 0 Å². The predicted molar refractivity (Wildman–Crippen MR) is 102 cm³/mol. The van der Waals surface area contributed by atoms with E-state index >= 15 is 0 Å². The molecule has 138 valence electrons. The average molecular weight is 394 g/mol. The summed E-state index contributed by atoms with van der Waals surface area (Å²) in [5.41, 5.74) is 1.20. The largest absolute Gasteiger partial charge is 0.353 e. The van der Waals surface area contributed by atoms with Crippen LogP contribution < -0.4 is 4.90 Å². The molecule has 1 fully saturated rings. The lowest BCUT2D eigenvalue weighted by Crippen LogP contribution is -2.49. The van der Waals surface area contributed by atoms with Gasteiger partial charge in [0.2, 0.25) is 0 Å². The number of hydrogen-bond acceptors (Lipinski definition) is 5. The zero-order valence-electron chi connectivity index (χ0n) is 14.6. The highest BCUT2D eigenvalue weighted by atomic mass is 35.5. The van der Waals surface area contributed by atoms with E-state index < -0.39 is 9.84 Å². The van der Waals surface area contributed by atoms with E-state index in [1.165, 1.54) is 12.1 Å². The van der Waals surface area contributed by atoms with E-state index in [0.717, 1.165) is 17.6 Å². The number of sulfone groups is 1. The molecule has 0 aliphatic carbocycles. The Morgan fingerprint density at radius 3 is 2.42 bits per heavy atom. The van der Waals surface area contributed by atoms with Crippen molar-refractivity contribution in [3.8, 4) is 0 Å². The molecule has 0 saturated carbocycles. The number of anilines is 1. The maximum absolute atomic E-state index is 12.9. The number of halogens is 1. The Hall–Kier alpha value is -2.12. The lowest BCUT2D eigenvalue weighted by molar-refractivity contribution is 0.0745. The molecule has 1 aromatic heterocycles.